The number of hydrogen-bond donors (Lipinski definition) is 2. The second-order valence-corrected chi connectivity index (χ2v) is 6.68. The van der Waals surface area contributed by atoms with E-state index in [0.717, 1.165) is 0 Å². The fourth-order valence-electron chi connectivity index (χ4n) is 2.40. The van der Waals surface area contributed by atoms with E-state index in [1.54, 1.807) is 18.3 Å². The van der Waals surface area contributed by atoms with Gasteiger partial charge in [0.1, 0.15) is 10.5 Å². The number of hydrogen-bond acceptors (Lipinski definition) is 4. The van der Waals surface area contributed by atoms with Gasteiger partial charge in [0, 0.05) is 43.5 Å². The van der Waals surface area contributed by atoms with Gasteiger partial charge in [0.15, 0.2) is 0 Å². The molecule has 2 aromatic heterocycles. The Bertz CT molecular complexity index is 700. The van der Waals surface area contributed by atoms with Crippen LogP contribution in [0.1, 0.15) is 6.92 Å². The minimum Gasteiger partial charge on any atom is -0.345 e. The van der Waals surface area contributed by atoms with E-state index in [1.807, 2.05) is 6.92 Å². The maximum atomic E-state index is 12.7. The molecule has 2 aromatic rings. The summed E-state index contributed by atoms with van der Waals surface area (Å²) in [5.41, 5.74) is 0.601. The van der Waals surface area contributed by atoms with Gasteiger partial charge in [0.25, 0.3) is 0 Å². The van der Waals surface area contributed by atoms with Gasteiger partial charge in [-0.05, 0) is 19.1 Å². The first-order valence-electron chi connectivity index (χ1n) is 6.24. The minimum absolute atomic E-state index is 0. The van der Waals surface area contributed by atoms with Crippen molar-refractivity contribution in [3.8, 4) is 0 Å². The first-order chi connectivity index (χ1) is 9.09. The molecule has 2 N–H and O–H groups in total. The predicted molar refractivity (Wildman–Crippen MR) is 79.6 cm³/mol. The molecule has 1 saturated heterocycles. The smallest absolute Gasteiger partial charge is 0.245 e. The molecule has 110 valence electrons. The molecular weight excluding hydrogens is 300 g/mol. The summed E-state index contributed by atoms with van der Waals surface area (Å²) in [6.45, 7) is 3.66. The van der Waals surface area contributed by atoms with Gasteiger partial charge in [-0.25, -0.2) is 13.4 Å². The zero-order chi connectivity index (χ0) is 13.5. The molecule has 0 amide bonds. The third kappa shape index (κ3) is 2.54. The Kier molecular flexibility index (Phi) is 4.33. The van der Waals surface area contributed by atoms with Crippen LogP contribution < -0.4 is 5.32 Å². The van der Waals surface area contributed by atoms with Gasteiger partial charge in [0.2, 0.25) is 10.0 Å². The van der Waals surface area contributed by atoms with Crippen molar-refractivity contribution in [2.75, 3.05) is 19.6 Å². The van der Waals surface area contributed by atoms with Gasteiger partial charge in [0.05, 0.1) is 0 Å². The Labute approximate surface area is 124 Å². The topological polar surface area (TPSA) is 78.1 Å². The summed E-state index contributed by atoms with van der Waals surface area (Å²) in [7, 11) is -3.46. The number of nitrogens with one attached hydrogen (secondary N) is 2. The van der Waals surface area contributed by atoms with Crippen LogP contribution in [0.2, 0.25) is 0 Å². The second-order valence-electron chi connectivity index (χ2n) is 4.77. The van der Waals surface area contributed by atoms with E-state index in [-0.39, 0.29) is 18.4 Å². The number of pyridine rings is 1. The summed E-state index contributed by atoms with van der Waals surface area (Å²) in [6.07, 6.45) is 3.17. The monoisotopic (exact) mass is 316 g/mol. The van der Waals surface area contributed by atoms with Gasteiger partial charge in [-0.2, -0.15) is 4.31 Å². The standard InChI is InChI=1S/C12H16N4O2S.ClH/c1-9-8-16(6-5-13-9)19(17,18)11-7-15-12-10(11)3-2-4-14-12;/h2-4,7,9,13H,5-6,8H2,1H3,(H,14,15);1H/t9-;/m0./s1. The maximum Gasteiger partial charge on any atom is 0.245 e. The van der Waals surface area contributed by atoms with Crippen LogP contribution in [-0.2, 0) is 10.0 Å². The molecular formula is C12H17ClN4O2S. The van der Waals surface area contributed by atoms with Crippen LogP contribution in [0.5, 0.6) is 0 Å². The zero-order valence-electron chi connectivity index (χ0n) is 11.0. The Hall–Kier alpha value is -1.15. The van der Waals surface area contributed by atoms with Crippen molar-refractivity contribution < 1.29 is 8.42 Å². The number of aromatic nitrogens is 2. The Morgan fingerprint density at radius 2 is 2.25 bits per heavy atom. The van der Waals surface area contributed by atoms with Crippen LogP contribution in [0, 0.1) is 0 Å². The SMILES string of the molecule is C[C@H]1CN(S(=O)(=O)c2c[nH]c3ncccc23)CCN1.Cl. The summed E-state index contributed by atoms with van der Waals surface area (Å²) in [6, 6.07) is 3.69. The lowest BCUT2D eigenvalue weighted by atomic mass is 10.3. The van der Waals surface area contributed by atoms with Crippen LogP contribution in [0.25, 0.3) is 11.0 Å². The second kappa shape index (κ2) is 5.69. The molecule has 6 nitrogen and oxygen atoms in total. The highest BCUT2D eigenvalue weighted by Gasteiger charge is 2.30. The Balaban J connectivity index is 0.00000147. The van der Waals surface area contributed by atoms with Crippen molar-refractivity contribution in [3.05, 3.63) is 24.5 Å². The molecule has 8 heteroatoms. The normalized spacial score (nSPS) is 20.8. The number of piperazine rings is 1. The molecule has 0 unspecified atom stereocenters. The van der Waals surface area contributed by atoms with Crippen LogP contribution in [0.4, 0.5) is 0 Å². The summed E-state index contributed by atoms with van der Waals surface area (Å²) in [5, 5.41) is 3.89. The molecule has 0 aromatic carbocycles. The van der Waals surface area contributed by atoms with Crippen LogP contribution in [0.15, 0.2) is 29.4 Å². The number of H-pyrrole nitrogens is 1. The van der Waals surface area contributed by atoms with Crippen LogP contribution in [0.3, 0.4) is 0 Å². The van der Waals surface area contributed by atoms with E-state index >= 15 is 0 Å². The van der Waals surface area contributed by atoms with E-state index < -0.39 is 10.0 Å². The lowest BCUT2D eigenvalue weighted by Crippen LogP contribution is -2.51. The molecule has 0 radical (unpaired) electrons. The fourth-order valence-corrected chi connectivity index (χ4v) is 4.08. The zero-order valence-corrected chi connectivity index (χ0v) is 12.7. The highest BCUT2D eigenvalue weighted by Crippen LogP contribution is 2.24. The first kappa shape index (κ1) is 15.2. The fraction of sp³-hybridized carbons (Fsp3) is 0.417. The van der Waals surface area contributed by atoms with Gasteiger partial charge in [-0.15, -0.1) is 12.4 Å². The molecule has 1 atom stereocenters. The van der Waals surface area contributed by atoms with Gasteiger partial charge in [-0.3, -0.25) is 0 Å². The molecule has 3 heterocycles. The quantitative estimate of drug-likeness (QED) is 0.865. The number of sulfonamides is 1. The van der Waals surface area contributed by atoms with Crippen LogP contribution >= 0.6 is 12.4 Å². The van der Waals surface area contributed by atoms with E-state index in [0.29, 0.717) is 35.6 Å². The van der Waals surface area contributed by atoms with Crippen LogP contribution in [-0.4, -0.2) is 48.4 Å². The highest BCUT2D eigenvalue weighted by atomic mass is 35.5. The number of fused-ring (bicyclic) bond motifs is 1. The molecule has 0 spiro atoms. The third-order valence-electron chi connectivity index (χ3n) is 3.36. The van der Waals surface area contributed by atoms with Crippen molar-refractivity contribution in [1.29, 1.82) is 0 Å². The third-order valence-corrected chi connectivity index (χ3v) is 5.27. The molecule has 1 fully saturated rings. The van der Waals surface area contributed by atoms with Gasteiger partial charge in [-0.1, -0.05) is 0 Å². The predicted octanol–water partition coefficient (Wildman–Crippen LogP) is 0.967. The number of aromatic amines is 1. The number of rotatable bonds is 2. The Morgan fingerprint density at radius 3 is 3.00 bits per heavy atom. The van der Waals surface area contributed by atoms with E-state index in [9.17, 15) is 8.42 Å². The average Bonchev–Trinajstić information content (AvgIpc) is 2.83. The minimum atomic E-state index is -3.46. The highest BCUT2D eigenvalue weighted by molar-refractivity contribution is 7.89. The number of nitrogens with zero attached hydrogens (tertiary/aromatic N) is 2. The summed E-state index contributed by atoms with van der Waals surface area (Å²) < 4.78 is 26.8. The van der Waals surface area contributed by atoms with Gasteiger partial charge < -0.3 is 10.3 Å². The molecule has 1 aliphatic rings. The lowest BCUT2D eigenvalue weighted by Gasteiger charge is -2.30. The summed E-state index contributed by atoms with van der Waals surface area (Å²) in [5.74, 6) is 0. The Morgan fingerprint density at radius 1 is 1.45 bits per heavy atom. The average molecular weight is 317 g/mol. The van der Waals surface area contributed by atoms with Crippen molar-refractivity contribution >= 4 is 33.5 Å². The van der Waals surface area contributed by atoms with Crippen molar-refractivity contribution in [1.82, 2.24) is 19.6 Å². The molecule has 0 bridgehead atoms. The van der Waals surface area contributed by atoms with Crippen molar-refractivity contribution in [3.63, 3.8) is 0 Å². The van der Waals surface area contributed by atoms with E-state index in [4.69, 9.17) is 0 Å². The first-order valence-corrected chi connectivity index (χ1v) is 7.68. The van der Waals surface area contributed by atoms with E-state index in [2.05, 4.69) is 15.3 Å². The molecule has 20 heavy (non-hydrogen) atoms. The lowest BCUT2D eigenvalue weighted by molar-refractivity contribution is 0.310. The summed E-state index contributed by atoms with van der Waals surface area (Å²) in [4.78, 5) is 7.35. The maximum absolute atomic E-state index is 12.7. The molecule has 3 rings (SSSR count). The van der Waals surface area contributed by atoms with Gasteiger partial charge >= 0.3 is 0 Å². The molecule has 0 saturated carbocycles. The molecule has 0 aliphatic carbocycles. The van der Waals surface area contributed by atoms with Crippen molar-refractivity contribution in [2.45, 2.75) is 17.9 Å². The van der Waals surface area contributed by atoms with E-state index in [1.165, 1.54) is 10.5 Å². The molecule has 1 aliphatic heterocycles. The number of halogens is 1. The van der Waals surface area contributed by atoms with Crippen molar-refractivity contribution in [2.24, 2.45) is 0 Å². The largest absolute Gasteiger partial charge is 0.345 e. The summed E-state index contributed by atoms with van der Waals surface area (Å²) >= 11 is 0.